The maximum Gasteiger partial charge on any atom is 0.0630 e. The summed E-state index contributed by atoms with van der Waals surface area (Å²) in [6, 6.07) is 16.2. The van der Waals surface area contributed by atoms with Gasteiger partial charge in [0.15, 0.2) is 0 Å². The predicted molar refractivity (Wildman–Crippen MR) is 72.6 cm³/mol. The first-order chi connectivity index (χ1) is 7.75. The second-order valence-corrected chi connectivity index (χ2v) is 4.47. The number of aryl methyl sites for hydroxylation is 1. The second kappa shape index (κ2) is 5.08. The molecule has 0 amide bonds. The fraction of sp³-hybridized carbons (Fsp3) is 0.0714. The van der Waals surface area contributed by atoms with Crippen LogP contribution in [0, 0.1) is 6.92 Å². The van der Waals surface area contributed by atoms with Gasteiger partial charge < -0.3 is 0 Å². The van der Waals surface area contributed by atoms with E-state index in [1.807, 2.05) is 42.6 Å². The van der Waals surface area contributed by atoms with E-state index >= 15 is 0 Å². The molecule has 80 valence electrons. The van der Waals surface area contributed by atoms with E-state index in [2.05, 4.69) is 40.0 Å². The van der Waals surface area contributed by atoms with E-state index in [0.717, 1.165) is 15.7 Å². The maximum atomic E-state index is 4.42. The van der Waals surface area contributed by atoms with Crippen molar-refractivity contribution in [1.29, 1.82) is 0 Å². The van der Waals surface area contributed by atoms with Gasteiger partial charge in [0.05, 0.1) is 5.69 Å². The van der Waals surface area contributed by atoms with Gasteiger partial charge in [-0.2, -0.15) is 0 Å². The number of benzene rings is 2. The van der Waals surface area contributed by atoms with Gasteiger partial charge in [0.2, 0.25) is 0 Å². The molecule has 0 aliphatic rings. The Hall–Kier alpha value is -1.41. The molecule has 2 aromatic rings. The first-order valence-corrected chi connectivity index (χ1v) is 5.90. The van der Waals surface area contributed by atoms with Crippen molar-refractivity contribution in [2.75, 3.05) is 0 Å². The van der Waals surface area contributed by atoms with Gasteiger partial charge >= 0.3 is 0 Å². The molecule has 0 saturated heterocycles. The number of halogens is 1. The van der Waals surface area contributed by atoms with E-state index < -0.39 is 0 Å². The molecule has 0 unspecified atom stereocenters. The maximum absolute atomic E-state index is 4.42. The Morgan fingerprint density at radius 1 is 1.00 bits per heavy atom. The molecule has 1 nitrogen and oxygen atoms in total. The van der Waals surface area contributed by atoms with Crippen molar-refractivity contribution in [3.8, 4) is 0 Å². The Morgan fingerprint density at radius 3 is 2.38 bits per heavy atom. The van der Waals surface area contributed by atoms with Gasteiger partial charge in [-0.1, -0.05) is 51.8 Å². The van der Waals surface area contributed by atoms with Gasteiger partial charge in [0, 0.05) is 16.3 Å². The molecule has 2 heteroatoms. The smallest absolute Gasteiger partial charge is 0.0630 e. The van der Waals surface area contributed by atoms with Crippen molar-refractivity contribution in [2.45, 2.75) is 6.92 Å². The second-order valence-electron chi connectivity index (χ2n) is 3.62. The standard InChI is InChI=1S/C14H12BrN/c1-11-6-8-13(9-7-11)16-10-12-4-2-3-5-14(12)15/h2-10H,1H3. The zero-order valence-electron chi connectivity index (χ0n) is 9.02. The molecule has 0 N–H and O–H groups in total. The Bertz CT molecular complexity index is 500. The summed E-state index contributed by atoms with van der Waals surface area (Å²) in [6.45, 7) is 2.07. The van der Waals surface area contributed by atoms with Crippen molar-refractivity contribution < 1.29 is 0 Å². The van der Waals surface area contributed by atoms with E-state index in [9.17, 15) is 0 Å². The van der Waals surface area contributed by atoms with Crippen LogP contribution in [0.5, 0.6) is 0 Å². The summed E-state index contributed by atoms with van der Waals surface area (Å²) in [6.07, 6.45) is 1.87. The van der Waals surface area contributed by atoms with Crippen LogP contribution < -0.4 is 0 Å². The molecule has 0 heterocycles. The third kappa shape index (κ3) is 2.80. The third-order valence-corrected chi connectivity index (χ3v) is 3.01. The lowest BCUT2D eigenvalue weighted by Crippen LogP contribution is -1.81. The number of rotatable bonds is 2. The minimum atomic E-state index is 0.973. The summed E-state index contributed by atoms with van der Waals surface area (Å²) in [7, 11) is 0. The predicted octanol–water partition coefficient (Wildman–Crippen LogP) is 4.51. The van der Waals surface area contributed by atoms with Crippen LogP contribution in [-0.2, 0) is 0 Å². The first kappa shape index (κ1) is 11.1. The highest BCUT2D eigenvalue weighted by molar-refractivity contribution is 9.10. The lowest BCUT2D eigenvalue weighted by molar-refractivity contribution is 1.44. The zero-order chi connectivity index (χ0) is 11.4. The lowest BCUT2D eigenvalue weighted by Gasteiger charge is -1.97. The van der Waals surface area contributed by atoms with E-state index in [1.165, 1.54) is 5.56 Å². The molecule has 0 saturated carbocycles. The van der Waals surface area contributed by atoms with Crippen molar-refractivity contribution in [1.82, 2.24) is 0 Å². The lowest BCUT2D eigenvalue weighted by atomic mass is 10.2. The van der Waals surface area contributed by atoms with Crippen LogP contribution in [0.3, 0.4) is 0 Å². The van der Waals surface area contributed by atoms with Crippen LogP contribution in [-0.4, -0.2) is 6.21 Å². The molecule has 0 radical (unpaired) electrons. The molecule has 0 fully saturated rings. The number of hydrogen-bond donors (Lipinski definition) is 0. The van der Waals surface area contributed by atoms with Crippen LogP contribution in [0.15, 0.2) is 58.0 Å². The molecule has 0 atom stereocenters. The monoisotopic (exact) mass is 273 g/mol. The molecule has 0 bridgehead atoms. The minimum absolute atomic E-state index is 0.973. The summed E-state index contributed by atoms with van der Waals surface area (Å²) in [5.41, 5.74) is 3.31. The van der Waals surface area contributed by atoms with E-state index in [0.29, 0.717) is 0 Å². The van der Waals surface area contributed by atoms with Gasteiger partial charge in [-0.15, -0.1) is 0 Å². The summed E-state index contributed by atoms with van der Waals surface area (Å²) in [5, 5.41) is 0. The average Bonchev–Trinajstić information content (AvgIpc) is 2.30. The normalized spacial score (nSPS) is 10.9. The van der Waals surface area contributed by atoms with Crippen LogP contribution in [0.2, 0.25) is 0 Å². The molecule has 0 aliphatic heterocycles. The largest absolute Gasteiger partial charge is 0.256 e. The van der Waals surface area contributed by atoms with E-state index in [1.54, 1.807) is 0 Å². The summed E-state index contributed by atoms with van der Waals surface area (Å²) >= 11 is 3.49. The third-order valence-electron chi connectivity index (χ3n) is 2.29. The molecule has 0 aromatic heterocycles. The first-order valence-electron chi connectivity index (χ1n) is 5.11. The summed E-state index contributed by atoms with van der Waals surface area (Å²) in [5.74, 6) is 0. The van der Waals surface area contributed by atoms with Gasteiger partial charge in [-0.05, 0) is 25.1 Å². The van der Waals surface area contributed by atoms with Crippen molar-refractivity contribution in [3.63, 3.8) is 0 Å². The summed E-state index contributed by atoms with van der Waals surface area (Å²) < 4.78 is 1.06. The van der Waals surface area contributed by atoms with Crippen LogP contribution >= 0.6 is 15.9 Å². The van der Waals surface area contributed by atoms with Crippen molar-refractivity contribution in [3.05, 3.63) is 64.1 Å². The highest BCUT2D eigenvalue weighted by Gasteiger charge is 1.93. The molecule has 2 aromatic carbocycles. The molecule has 0 spiro atoms. The number of nitrogens with zero attached hydrogens (tertiary/aromatic N) is 1. The zero-order valence-corrected chi connectivity index (χ0v) is 10.6. The molecule has 16 heavy (non-hydrogen) atoms. The fourth-order valence-electron chi connectivity index (χ4n) is 1.35. The van der Waals surface area contributed by atoms with E-state index in [4.69, 9.17) is 0 Å². The SMILES string of the molecule is Cc1ccc(N=Cc2ccccc2Br)cc1. The van der Waals surface area contributed by atoms with Crippen molar-refractivity contribution >= 4 is 27.8 Å². The Kier molecular flexibility index (Phi) is 3.52. The number of aliphatic imine (C=N–C) groups is 1. The van der Waals surface area contributed by atoms with Crippen molar-refractivity contribution in [2.24, 2.45) is 4.99 Å². The molecular weight excluding hydrogens is 262 g/mol. The average molecular weight is 274 g/mol. The van der Waals surface area contributed by atoms with Gasteiger partial charge in [-0.3, -0.25) is 4.99 Å². The molecule has 0 aliphatic carbocycles. The fourth-order valence-corrected chi connectivity index (χ4v) is 1.74. The quantitative estimate of drug-likeness (QED) is 0.714. The number of hydrogen-bond acceptors (Lipinski definition) is 1. The molecule has 2 rings (SSSR count). The van der Waals surface area contributed by atoms with E-state index in [-0.39, 0.29) is 0 Å². The molecular formula is C14H12BrN. The highest BCUT2D eigenvalue weighted by atomic mass is 79.9. The Labute approximate surface area is 104 Å². The minimum Gasteiger partial charge on any atom is -0.256 e. The van der Waals surface area contributed by atoms with Gasteiger partial charge in [0.1, 0.15) is 0 Å². The topological polar surface area (TPSA) is 12.4 Å². The Morgan fingerprint density at radius 2 is 1.69 bits per heavy atom. The Balaban J connectivity index is 2.21. The summed E-state index contributed by atoms with van der Waals surface area (Å²) in [4.78, 5) is 4.42. The van der Waals surface area contributed by atoms with Gasteiger partial charge in [0.25, 0.3) is 0 Å². The van der Waals surface area contributed by atoms with Gasteiger partial charge in [-0.25, -0.2) is 0 Å². The van der Waals surface area contributed by atoms with Crippen LogP contribution in [0.1, 0.15) is 11.1 Å². The highest BCUT2D eigenvalue weighted by Crippen LogP contribution is 2.16. The van der Waals surface area contributed by atoms with Crippen LogP contribution in [0.25, 0.3) is 0 Å². The van der Waals surface area contributed by atoms with Crippen LogP contribution in [0.4, 0.5) is 5.69 Å².